The number of hydrogen-bond acceptors (Lipinski definition) is 3. The second kappa shape index (κ2) is 8.30. The van der Waals surface area contributed by atoms with Crippen LogP contribution in [0.3, 0.4) is 0 Å². The van der Waals surface area contributed by atoms with E-state index in [1.54, 1.807) is 12.3 Å². The molecular weight excluding hydrogens is 338 g/mol. The van der Waals surface area contributed by atoms with E-state index in [1.165, 1.54) is 6.42 Å². The molecule has 0 aromatic carbocycles. The van der Waals surface area contributed by atoms with E-state index in [9.17, 15) is 10.1 Å². The van der Waals surface area contributed by atoms with Crippen molar-refractivity contribution >= 4 is 12.0 Å². The van der Waals surface area contributed by atoms with E-state index in [0.29, 0.717) is 12.5 Å². The van der Waals surface area contributed by atoms with Gasteiger partial charge in [0.05, 0.1) is 12.8 Å². The lowest BCUT2D eigenvalue weighted by atomic mass is 9.86. The van der Waals surface area contributed by atoms with E-state index in [4.69, 9.17) is 4.42 Å². The van der Waals surface area contributed by atoms with Gasteiger partial charge in [0.1, 0.15) is 17.4 Å². The van der Waals surface area contributed by atoms with Crippen molar-refractivity contribution in [2.45, 2.75) is 59.0 Å². The lowest BCUT2D eigenvalue weighted by Gasteiger charge is -2.29. The second-order valence-corrected chi connectivity index (χ2v) is 7.50. The van der Waals surface area contributed by atoms with Crippen LogP contribution in [0.5, 0.6) is 0 Å². The molecule has 2 aromatic heterocycles. The third-order valence-electron chi connectivity index (χ3n) is 5.60. The summed E-state index contributed by atoms with van der Waals surface area (Å²) in [4.78, 5) is 12.6. The van der Waals surface area contributed by atoms with Gasteiger partial charge < -0.3 is 14.3 Å². The van der Waals surface area contributed by atoms with Gasteiger partial charge in [-0.25, -0.2) is 0 Å². The van der Waals surface area contributed by atoms with Gasteiger partial charge in [0, 0.05) is 17.4 Å². The number of nitrogens with zero attached hydrogens (tertiary/aromatic N) is 2. The predicted molar refractivity (Wildman–Crippen MR) is 105 cm³/mol. The van der Waals surface area contributed by atoms with Crippen LogP contribution in [-0.4, -0.2) is 16.5 Å². The molecule has 3 rings (SSSR count). The first-order valence-electron chi connectivity index (χ1n) is 9.61. The van der Waals surface area contributed by atoms with Crippen LogP contribution in [0.1, 0.15) is 55.3 Å². The molecule has 0 bridgehead atoms. The molecule has 1 saturated carbocycles. The van der Waals surface area contributed by atoms with Gasteiger partial charge in [0.15, 0.2) is 0 Å². The quantitative estimate of drug-likeness (QED) is 0.632. The topological polar surface area (TPSA) is 71.0 Å². The Hall–Kier alpha value is -2.74. The van der Waals surface area contributed by atoms with E-state index in [1.807, 2.05) is 32.0 Å². The number of amides is 1. The largest absolute Gasteiger partial charge is 0.467 e. The van der Waals surface area contributed by atoms with Crippen molar-refractivity contribution in [3.8, 4) is 6.07 Å². The first kappa shape index (κ1) is 19.0. The normalized spacial score (nSPS) is 20.3. The Morgan fingerprint density at radius 2 is 2.19 bits per heavy atom. The lowest BCUT2D eigenvalue weighted by Crippen LogP contribution is -2.41. The Morgan fingerprint density at radius 3 is 2.85 bits per heavy atom. The fraction of sp³-hybridized carbons (Fsp3) is 0.455. The SMILES string of the molecule is Cc1cc(/C=C(\C#N)C(=O)NC2CCCCC2C)c(C)n1Cc1ccco1. The van der Waals surface area contributed by atoms with Crippen LogP contribution in [0.4, 0.5) is 0 Å². The maximum absolute atomic E-state index is 12.6. The number of nitriles is 1. The maximum atomic E-state index is 12.6. The summed E-state index contributed by atoms with van der Waals surface area (Å²) >= 11 is 0. The van der Waals surface area contributed by atoms with Crippen LogP contribution >= 0.6 is 0 Å². The van der Waals surface area contributed by atoms with E-state index in [-0.39, 0.29) is 17.5 Å². The summed E-state index contributed by atoms with van der Waals surface area (Å²) in [5.41, 5.74) is 3.12. The minimum atomic E-state index is -0.271. The number of aromatic nitrogens is 1. The smallest absolute Gasteiger partial charge is 0.262 e. The van der Waals surface area contributed by atoms with Crippen LogP contribution in [0.2, 0.25) is 0 Å². The molecule has 27 heavy (non-hydrogen) atoms. The number of hydrogen-bond donors (Lipinski definition) is 1. The summed E-state index contributed by atoms with van der Waals surface area (Å²) in [6.07, 6.45) is 7.83. The van der Waals surface area contributed by atoms with E-state index in [2.05, 4.69) is 22.9 Å². The molecule has 5 heteroatoms. The first-order chi connectivity index (χ1) is 13.0. The van der Waals surface area contributed by atoms with Gasteiger partial charge in [0.2, 0.25) is 0 Å². The molecule has 1 aliphatic rings. The zero-order chi connectivity index (χ0) is 19.4. The summed E-state index contributed by atoms with van der Waals surface area (Å²) in [5.74, 6) is 1.06. The van der Waals surface area contributed by atoms with Crippen LogP contribution < -0.4 is 5.32 Å². The molecule has 1 N–H and O–H groups in total. The van der Waals surface area contributed by atoms with Gasteiger partial charge in [0.25, 0.3) is 5.91 Å². The lowest BCUT2D eigenvalue weighted by molar-refractivity contribution is -0.118. The summed E-state index contributed by atoms with van der Waals surface area (Å²) < 4.78 is 7.56. The zero-order valence-electron chi connectivity index (χ0n) is 16.3. The van der Waals surface area contributed by atoms with Crippen LogP contribution in [0.15, 0.2) is 34.5 Å². The van der Waals surface area contributed by atoms with Crippen molar-refractivity contribution in [3.05, 3.63) is 52.7 Å². The predicted octanol–water partition coefficient (Wildman–Crippen LogP) is 4.35. The van der Waals surface area contributed by atoms with Gasteiger partial charge in [-0.15, -0.1) is 0 Å². The molecule has 2 atom stereocenters. The Kier molecular flexibility index (Phi) is 5.85. The summed E-state index contributed by atoms with van der Waals surface area (Å²) in [7, 11) is 0. The monoisotopic (exact) mass is 365 g/mol. The van der Waals surface area contributed by atoms with Crippen molar-refractivity contribution in [3.63, 3.8) is 0 Å². The average molecular weight is 365 g/mol. The summed E-state index contributed by atoms with van der Waals surface area (Å²) in [5, 5.41) is 12.6. The highest BCUT2D eigenvalue weighted by Gasteiger charge is 2.24. The van der Waals surface area contributed by atoms with Gasteiger partial charge in [-0.2, -0.15) is 5.26 Å². The second-order valence-electron chi connectivity index (χ2n) is 7.50. The van der Waals surface area contributed by atoms with Crippen molar-refractivity contribution in [1.29, 1.82) is 5.26 Å². The standard InChI is InChI=1S/C22H27N3O2/c1-15-7-4-5-9-21(15)24-22(26)19(13-23)12-18-11-16(2)25(17(18)3)14-20-8-6-10-27-20/h6,8,10-12,15,21H,4-5,7,9,14H2,1-3H3,(H,24,26)/b19-12+. The number of aryl methyl sites for hydroxylation is 1. The van der Waals surface area contributed by atoms with Gasteiger partial charge in [-0.05, 0) is 62.4 Å². The fourth-order valence-corrected chi connectivity index (χ4v) is 3.86. The fourth-order valence-electron chi connectivity index (χ4n) is 3.86. The Bertz CT molecular complexity index is 868. The average Bonchev–Trinajstić information content (AvgIpc) is 3.25. The molecule has 0 saturated heterocycles. The first-order valence-corrected chi connectivity index (χ1v) is 9.61. The molecule has 1 aliphatic carbocycles. The maximum Gasteiger partial charge on any atom is 0.262 e. The Balaban J connectivity index is 1.79. The summed E-state index contributed by atoms with van der Waals surface area (Å²) in [6, 6.07) is 8.05. The van der Waals surface area contributed by atoms with Crippen molar-refractivity contribution in [2.75, 3.05) is 0 Å². The van der Waals surface area contributed by atoms with E-state index < -0.39 is 0 Å². The van der Waals surface area contributed by atoms with Crippen LogP contribution in [-0.2, 0) is 11.3 Å². The van der Waals surface area contributed by atoms with E-state index >= 15 is 0 Å². The van der Waals surface area contributed by atoms with E-state index in [0.717, 1.165) is 42.0 Å². The molecule has 0 spiro atoms. The number of rotatable bonds is 5. The summed E-state index contributed by atoms with van der Waals surface area (Å²) in [6.45, 7) is 6.81. The molecule has 2 unspecified atom stereocenters. The molecule has 142 valence electrons. The highest BCUT2D eigenvalue weighted by molar-refractivity contribution is 6.02. The van der Waals surface area contributed by atoms with Gasteiger partial charge in [-0.3, -0.25) is 4.79 Å². The Morgan fingerprint density at radius 1 is 1.41 bits per heavy atom. The molecule has 2 aromatic rings. The zero-order valence-corrected chi connectivity index (χ0v) is 16.3. The van der Waals surface area contributed by atoms with Crippen molar-refractivity contribution < 1.29 is 9.21 Å². The number of carbonyl (C=O) groups excluding carboxylic acids is 1. The number of carbonyl (C=O) groups is 1. The van der Waals surface area contributed by atoms with Gasteiger partial charge >= 0.3 is 0 Å². The third kappa shape index (κ3) is 4.33. The molecule has 1 amide bonds. The highest BCUT2D eigenvalue weighted by Crippen LogP contribution is 2.24. The highest BCUT2D eigenvalue weighted by atomic mass is 16.3. The number of nitrogens with one attached hydrogen (secondary N) is 1. The van der Waals surface area contributed by atoms with Crippen molar-refractivity contribution in [1.82, 2.24) is 9.88 Å². The molecule has 1 fully saturated rings. The van der Waals surface area contributed by atoms with Gasteiger partial charge in [-0.1, -0.05) is 19.8 Å². The molecule has 2 heterocycles. The molecule has 0 radical (unpaired) electrons. The molecule has 5 nitrogen and oxygen atoms in total. The minimum Gasteiger partial charge on any atom is -0.467 e. The minimum absolute atomic E-state index is 0.158. The van der Waals surface area contributed by atoms with Crippen molar-refractivity contribution in [2.24, 2.45) is 5.92 Å². The molecular formula is C22H27N3O2. The molecule has 0 aliphatic heterocycles. The van der Waals surface area contributed by atoms with Crippen LogP contribution in [0, 0.1) is 31.1 Å². The van der Waals surface area contributed by atoms with Crippen LogP contribution in [0.25, 0.3) is 6.08 Å². The third-order valence-corrected chi connectivity index (χ3v) is 5.60. The Labute approximate surface area is 160 Å². The number of furan rings is 1.